The Labute approximate surface area is 151 Å². The molecule has 1 aromatic rings. The van der Waals surface area contributed by atoms with Crippen LogP contribution in [0.5, 0.6) is 0 Å². The molecule has 5 nitrogen and oxygen atoms in total. The van der Waals surface area contributed by atoms with E-state index in [9.17, 15) is 14.7 Å². The molecular weight excluding hydrogens is 279 g/mol. The fraction of sp³-hybridized carbons (Fsp3) is 0.545. The summed E-state index contributed by atoms with van der Waals surface area (Å²) in [6.45, 7) is 0. The Morgan fingerprint density at radius 3 is 2.28 bits per heavy atom. The fourth-order valence-corrected chi connectivity index (χ4v) is 3.47. The monoisotopic (exact) mass is 290 g/mol. The molecule has 1 aromatic heterocycles. The molecule has 0 unspecified atom stereocenters. The molecule has 3 rings (SSSR count). The molecule has 3 heterocycles. The van der Waals surface area contributed by atoms with Crippen molar-refractivity contribution in [1.29, 1.82) is 0 Å². The second-order valence-electron chi connectivity index (χ2n) is 4.50. The summed E-state index contributed by atoms with van der Waals surface area (Å²) in [6, 6.07) is 0.668. The van der Waals surface area contributed by atoms with Crippen molar-refractivity contribution in [1.82, 2.24) is 9.88 Å². The number of nitrogens with zero attached hydrogens (tertiary/aromatic N) is 2. The van der Waals surface area contributed by atoms with Gasteiger partial charge in [0.05, 0.1) is 0 Å². The summed E-state index contributed by atoms with van der Waals surface area (Å²) >= 11 is 0.947. The SMILES string of the molecule is O=C([O-])c1nc(C(=O)N2[C@H]3CC[C@@H]2CC3)cs1.[K+]. The van der Waals surface area contributed by atoms with Gasteiger partial charge in [-0.1, -0.05) is 0 Å². The molecule has 90 valence electrons. The summed E-state index contributed by atoms with van der Waals surface area (Å²) in [5.41, 5.74) is 0.244. The van der Waals surface area contributed by atoms with Crippen LogP contribution >= 0.6 is 11.3 Å². The third-order valence-corrected chi connectivity index (χ3v) is 4.41. The number of aromatic carboxylic acids is 1. The molecule has 18 heavy (non-hydrogen) atoms. The van der Waals surface area contributed by atoms with Gasteiger partial charge in [0.2, 0.25) is 0 Å². The van der Waals surface area contributed by atoms with E-state index in [1.807, 2.05) is 4.90 Å². The zero-order valence-corrected chi connectivity index (χ0v) is 14.0. The predicted molar refractivity (Wildman–Crippen MR) is 58.7 cm³/mol. The van der Waals surface area contributed by atoms with Gasteiger partial charge in [0.25, 0.3) is 5.91 Å². The average Bonchev–Trinajstić information content (AvgIpc) is 3.03. The molecule has 2 aliphatic heterocycles. The van der Waals surface area contributed by atoms with Crippen LogP contribution in [0.1, 0.15) is 46.0 Å². The van der Waals surface area contributed by atoms with E-state index in [0.717, 1.165) is 37.0 Å². The fourth-order valence-electron chi connectivity index (χ4n) is 2.84. The Hall–Kier alpha value is 0.206. The zero-order chi connectivity index (χ0) is 12.0. The number of hydrogen-bond acceptors (Lipinski definition) is 5. The summed E-state index contributed by atoms with van der Waals surface area (Å²) in [4.78, 5) is 28.5. The number of amides is 1. The molecule has 2 fully saturated rings. The maximum Gasteiger partial charge on any atom is 1.00 e. The molecule has 0 saturated carbocycles. The van der Waals surface area contributed by atoms with Gasteiger partial charge in [0, 0.05) is 17.5 Å². The Balaban J connectivity index is 0.00000120. The number of carboxylic acids is 1. The predicted octanol–water partition coefficient (Wildman–Crippen LogP) is -2.72. The number of hydrogen-bond donors (Lipinski definition) is 0. The molecule has 0 spiro atoms. The van der Waals surface area contributed by atoms with Gasteiger partial charge < -0.3 is 14.8 Å². The molecule has 7 heteroatoms. The number of thiazole rings is 1. The van der Waals surface area contributed by atoms with Crippen molar-refractivity contribution in [3.63, 3.8) is 0 Å². The van der Waals surface area contributed by atoms with Gasteiger partial charge >= 0.3 is 51.4 Å². The molecule has 0 atom stereocenters. The maximum atomic E-state index is 12.2. The van der Waals surface area contributed by atoms with E-state index >= 15 is 0 Å². The normalized spacial score (nSPS) is 25.0. The van der Waals surface area contributed by atoms with Crippen LogP contribution in [0.25, 0.3) is 0 Å². The minimum absolute atomic E-state index is 0. The average molecular weight is 290 g/mol. The van der Waals surface area contributed by atoms with E-state index < -0.39 is 5.97 Å². The summed E-state index contributed by atoms with van der Waals surface area (Å²) in [6.07, 6.45) is 4.25. The Morgan fingerprint density at radius 2 is 1.83 bits per heavy atom. The van der Waals surface area contributed by atoms with E-state index in [0.29, 0.717) is 12.1 Å². The summed E-state index contributed by atoms with van der Waals surface area (Å²) in [5, 5.41) is 12.0. The van der Waals surface area contributed by atoms with Gasteiger partial charge in [0.1, 0.15) is 16.7 Å². The van der Waals surface area contributed by atoms with Crippen LogP contribution in [0.4, 0.5) is 0 Å². The van der Waals surface area contributed by atoms with Gasteiger partial charge in [-0.2, -0.15) is 0 Å². The quantitative estimate of drug-likeness (QED) is 0.555. The first-order chi connectivity index (χ1) is 8.16. The number of rotatable bonds is 2. The number of fused-ring (bicyclic) bond motifs is 2. The minimum atomic E-state index is -1.32. The van der Waals surface area contributed by atoms with Crippen molar-refractivity contribution in [3.8, 4) is 0 Å². The largest absolute Gasteiger partial charge is 1.00 e. The Morgan fingerprint density at radius 1 is 1.28 bits per heavy atom. The third kappa shape index (κ3) is 2.44. The van der Waals surface area contributed by atoms with E-state index in [-0.39, 0.29) is 68.0 Å². The van der Waals surface area contributed by atoms with Crippen LogP contribution in [-0.4, -0.2) is 33.8 Å². The molecule has 0 N–H and O–H groups in total. The Bertz CT molecular complexity index is 470. The first-order valence-corrected chi connectivity index (χ1v) is 6.54. The standard InChI is InChI=1S/C11H12N2O3S.K/c14-10(8-5-17-9(12-8)11(15)16)13-6-1-2-7(13)4-3-6;/h5-7H,1-4H2,(H,15,16);/q;+1/p-1/t6-,7+;. The van der Waals surface area contributed by atoms with Gasteiger partial charge in [-0.3, -0.25) is 4.79 Å². The molecular formula is C11H11KN2O3S. The van der Waals surface area contributed by atoms with Crippen LogP contribution in [0.15, 0.2) is 5.38 Å². The van der Waals surface area contributed by atoms with Crippen molar-refractivity contribution >= 4 is 23.2 Å². The molecule has 0 aromatic carbocycles. The molecule has 1 amide bonds. The van der Waals surface area contributed by atoms with Gasteiger partial charge in [-0.15, -0.1) is 11.3 Å². The first-order valence-electron chi connectivity index (χ1n) is 5.66. The van der Waals surface area contributed by atoms with Crippen molar-refractivity contribution in [2.75, 3.05) is 0 Å². The molecule has 2 bridgehead atoms. The number of aromatic nitrogens is 1. The minimum Gasteiger partial charge on any atom is -0.542 e. The molecule has 0 aliphatic carbocycles. The second kappa shape index (κ2) is 5.68. The molecule has 2 aliphatic rings. The number of carbonyl (C=O) groups is 2. The van der Waals surface area contributed by atoms with Crippen molar-refractivity contribution in [3.05, 3.63) is 16.1 Å². The maximum absolute atomic E-state index is 12.2. The van der Waals surface area contributed by atoms with Gasteiger partial charge in [-0.25, -0.2) is 4.98 Å². The van der Waals surface area contributed by atoms with Crippen molar-refractivity contribution < 1.29 is 66.1 Å². The van der Waals surface area contributed by atoms with Crippen molar-refractivity contribution in [2.45, 2.75) is 37.8 Å². The second-order valence-corrected chi connectivity index (χ2v) is 5.36. The molecule has 0 radical (unpaired) electrons. The Kier molecular flexibility index (Phi) is 4.61. The number of carbonyl (C=O) groups excluding carboxylic acids is 2. The smallest absolute Gasteiger partial charge is 0.542 e. The third-order valence-electron chi connectivity index (χ3n) is 3.59. The summed E-state index contributed by atoms with van der Waals surface area (Å²) < 4.78 is 0. The van der Waals surface area contributed by atoms with Gasteiger partial charge in [0.15, 0.2) is 0 Å². The zero-order valence-electron chi connectivity index (χ0n) is 10.1. The topological polar surface area (TPSA) is 73.3 Å². The van der Waals surface area contributed by atoms with E-state index in [4.69, 9.17) is 0 Å². The van der Waals surface area contributed by atoms with E-state index in [1.165, 1.54) is 5.38 Å². The van der Waals surface area contributed by atoms with Gasteiger partial charge in [-0.05, 0) is 25.7 Å². The van der Waals surface area contributed by atoms with E-state index in [2.05, 4.69) is 4.98 Å². The van der Waals surface area contributed by atoms with Crippen molar-refractivity contribution in [2.24, 2.45) is 0 Å². The van der Waals surface area contributed by atoms with Crippen LogP contribution in [0.3, 0.4) is 0 Å². The number of carboxylic acid groups (broad SMARTS) is 1. The molecule has 2 saturated heterocycles. The van der Waals surface area contributed by atoms with E-state index in [1.54, 1.807) is 0 Å². The first kappa shape index (κ1) is 14.6. The summed E-state index contributed by atoms with van der Waals surface area (Å²) in [5.74, 6) is -1.45. The van der Waals surface area contributed by atoms with Crippen LogP contribution in [-0.2, 0) is 0 Å². The van der Waals surface area contributed by atoms with Crippen LogP contribution < -0.4 is 56.5 Å². The summed E-state index contributed by atoms with van der Waals surface area (Å²) in [7, 11) is 0. The van der Waals surface area contributed by atoms with Crippen LogP contribution in [0, 0.1) is 0 Å². The van der Waals surface area contributed by atoms with Crippen LogP contribution in [0.2, 0.25) is 0 Å².